The van der Waals surface area contributed by atoms with Crippen LogP contribution in [0.2, 0.25) is 0 Å². The molecule has 0 saturated heterocycles. The van der Waals surface area contributed by atoms with Gasteiger partial charge < -0.3 is 20.1 Å². The highest BCUT2D eigenvalue weighted by Crippen LogP contribution is 2.33. The largest absolute Gasteiger partial charge is 0.493 e. The van der Waals surface area contributed by atoms with Crippen LogP contribution in [0, 0.1) is 0 Å². The second-order valence-corrected chi connectivity index (χ2v) is 4.01. The smallest absolute Gasteiger partial charge is 0.253 e. The molecular formula is C12H16N2O3. The van der Waals surface area contributed by atoms with Gasteiger partial charge in [0.2, 0.25) is 0 Å². The van der Waals surface area contributed by atoms with Crippen molar-refractivity contribution in [2.45, 2.75) is 13.0 Å². The Morgan fingerprint density at radius 1 is 1.24 bits per heavy atom. The van der Waals surface area contributed by atoms with Crippen LogP contribution in [0.1, 0.15) is 17.3 Å². The molecule has 5 heteroatoms. The second kappa shape index (κ2) is 4.53. The number of hydrogen-bond donors (Lipinski definition) is 2. The first-order valence-corrected chi connectivity index (χ1v) is 5.46. The highest BCUT2D eigenvalue weighted by atomic mass is 16.5. The fourth-order valence-electron chi connectivity index (χ4n) is 1.83. The number of carbonyl (C=O) groups excluding carboxylic acids is 1. The summed E-state index contributed by atoms with van der Waals surface area (Å²) in [5.74, 6) is 1.07. The molecule has 5 nitrogen and oxygen atoms in total. The summed E-state index contributed by atoms with van der Waals surface area (Å²) in [6.45, 7) is 2.64. The minimum Gasteiger partial charge on any atom is -0.493 e. The monoisotopic (exact) mass is 236 g/mol. The fourth-order valence-corrected chi connectivity index (χ4v) is 1.83. The summed E-state index contributed by atoms with van der Waals surface area (Å²) in [6, 6.07) is 3.56. The molecule has 1 atom stereocenters. The quantitative estimate of drug-likeness (QED) is 0.811. The highest BCUT2D eigenvalue weighted by Gasteiger charge is 2.21. The summed E-state index contributed by atoms with van der Waals surface area (Å²) >= 11 is 0. The number of fused-ring (bicyclic) bond motifs is 1. The Balaban J connectivity index is 2.49. The number of amides is 1. The molecule has 1 heterocycles. The molecule has 0 fully saturated rings. The number of benzene rings is 1. The molecule has 0 radical (unpaired) electrons. The van der Waals surface area contributed by atoms with Crippen molar-refractivity contribution >= 4 is 11.6 Å². The van der Waals surface area contributed by atoms with Gasteiger partial charge in [-0.3, -0.25) is 4.79 Å². The minimum atomic E-state index is -0.0987. The first kappa shape index (κ1) is 11.6. The Hall–Kier alpha value is -1.91. The summed E-state index contributed by atoms with van der Waals surface area (Å²) in [6.07, 6.45) is 0. The third-order valence-electron chi connectivity index (χ3n) is 2.74. The van der Waals surface area contributed by atoms with Crippen molar-refractivity contribution in [1.29, 1.82) is 0 Å². The third kappa shape index (κ3) is 2.13. The van der Waals surface area contributed by atoms with Gasteiger partial charge in [-0.25, -0.2) is 0 Å². The van der Waals surface area contributed by atoms with Crippen molar-refractivity contribution in [2.75, 3.05) is 26.1 Å². The van der Waals surface area contributed by atoms with Crippen molar-refractivity contribution < 1.29 is 14.3 Å². The van der Waals surface area contributed by atoms with Gasteiger partial charge in [-0.05, 0) is 13.0 Å². The van der Waals surface area contributed by atoms with Crippen LogP contribution in [0.5, 0.6) is 11.5 Å². The van der Waals surface area contributed by atoms with Crippen molar-refractivity contribution in [3.8, 4) is 11.5 Å². The van der Waals surface area contributed by atoms with E-state index in [0.717, 1.165) is 5.69 Å². The van der Waals surface area contributed by atoms with Gasteiger partial charge in [-0.2, -0.15) is 0 Å². The van der Waals surface area contributed by atoms with Gasteiger partial charge >= 0.3 is 0 Å². The molecular weight excluding hydrogens is 220 g/mol. The number of rotatable bonds is 2. The number of ether oxygens (including phenoxy) is 2. The van der Waals surface area contributed by atoms with Gasteiger partial charge in [0, 0.05) is 18.7 Å². The maximum absolute atomic E-state index is 11.9. The maximum Gasteiger partial charge on any atom is 0.253 e. The standard InChI is InChI=1S/C12H16N2O3/c1-7-6-13-9-5-11(17-3)10(16-2)4-8(9)12(15)14-7/h4-5,7,13H,6H2,1-3H3,(H,14,15). The summed E-state index contributed by atoms with van der Waals surface area (Å²) in [4.78, 5) is 11.9. The molecule has 0 spiro atoms. The topological polar surface area (TPSA) is 59.6 Å². The summed E-state index contributed by atoms with van der Waals surface area (Å²) < 4.78 is 10.4. The molecule has 1 aromatic rings. The summed E-state index contributed by atoms with van der Waals surface area (Å²) in [5, 5.41) is 6.10. The third-order valence-corrected chi connectivity index (χ3v) is 2.74. The minimum absolute atomic E-state index is 0.0897. The number of nitrogens with one attached hydrogen (secondary N) is 2. The maximum atomic E-state index is 11.9. The number of methoxy groups -OCH3 is 2. The van der Waals surface area contributed by atoms with Crippen molar-refractivity contribution in [2.24, 2.45) is 0 Å². The molecule has 1 aliphatic rings. The lowest BCUT2D eigenvalue weighted by Gasteiger charge is -2.12. The summed E-state index contributed by atoms with van der Waals surface area (Å²) in [5.41, 5.74) is 1.34. The molecule has 1 amide bonds. The number of anilines is 1. The van der Waals surface area contributed by atoms with Crippen LogP contribution in [-0.2, 0) is 0 Å². The Morgan fingerprint density at radius 2 is 1.88 bits per heavy atom. The Bertz CT molecular complexity index is 446. The molecule has 92 valence electrons. The highest BCUT2D eigenvalue weighted by molar-refractivity contribution is 6.01. The van der Waals surface area contributed by atoms with E-state index in [-0.39, 0.29) is 11.9 Å². The van der Waals surface area contributed by atoms with E-state index in [1.165, 1.54) is 0 Å². The fraction of sp³-hybridized carbons (Fsp3) is 0.417. The van der Waals surface area contributed by atoms with Gasteiger partial charge in [-0.1, -0.05) is 0 Å². The molecule has 0 bridgehead atoms. The van der Waals surface area contributed by atoms with E-state index in [9.17, 15) is 4.79 Å². The lowest BCUT2D eigenvalue weighted by Crippen LogP contribution is -2.34. The van der Waals surface area contributed by atoms with E-state index in [0.29, 0.717) is 23.6 Å². The molecule has 1 unspecified atom stereocenters. The van der Waals surface area contributed by atoms with E-state index < -0.39 is 0 Å². The predicted octanol–water partition coefficient (Wildman–Crippen LogP) is 1.25. The van der Waals surface area contributed by atoms with Gasteiger partial charge in [-0.15, -0.1) is 0 Å². The van der Waals surface area contributed by atoms with Crippen LogP contribution >= 0.6 is 0 Å². The van der Waals surface area contributed by atoms with Crippen LogP contribution in [0.4, 0.5) is 5.69 Å². The van der Waals surface area contributed by atoms with E-state index >= 15 is 0 Å². The van der Waals surface area contributed by atoms with Gasteiger partial charge in [0.05, 0.1) is 25.5 Å². The molecule has 1 aromatic carbocycles. The van der Waals surface area contributed by atoms with Gasteiger partial charge in [0.1, 0.15) is 0 Å². The van der Waals surface area contributed by atoms with Crippen molar-refractivity contribution in [3.63, 3.8) is 0 Å². The Labute approximate surface area is 100 Å². The zero-order valence-corrected chi connectivity index (χ0v) is 10.2. The second-order valence-electron chi connectivity index (χ2n) is 4.01. The summed E-state index contributed by atoms with van der Waals surface area (Å²) in [7, 11) is 3.12. The SMILES string of the molecule is COc1cc2c(cc1OC)C(=O)NC(C)CN2. The van der Waals surface area contributed by atoms with E-state index in [4.69, 9.17) is 9.47 Å². The number of hydrogen-bond acceptors (Lipinski definition) is 4. The van der Waals surface area contributed by atoms with Crippen LogP contribution in [0.3, 0.4) is 0 Å². The Morgan fingerprint density at radius 3 is 2.53 bits per heavy atom. The van der Waals surface area contributed by atoms with Crippen LogP contribution < -0.4 is 20.1 Å². The van der Waals surface area contributed by atoms with Crippen molar-refractivity contribution in [1.82, 2.24) is 5.32 Å². The average molecular weight is 236 g/mol. The van der Waals surface area contributed by atoms with Crippen LogP contribution in [-0.4, -0.2) is 32.7 Å². The normalized spacial score (nSPS) is 18.5. The molecule has 1 aliphatic heterocycles. The number of carbonyl (C=O) groups is 1. The lowest BCUT2D eigenvalue weighted by molar-refractivity contribution is 0.0945. The van der Waals surface area contributed by atoms with Gasteiger partial charge in [0.25, 0.3) is 5.91 Å². The van der Waals surface area contributed by atoms with Crippen LogP contribution in [0.15, 0.2) is 12.1 Å². The first-order chi connectivity index (χ1) is 8.15. The molecule has 17 heavy (non-hydrogen) atoms. The molecule has 0 aliphatic carbocycles. The molecule has 0 saturated carbocycles. The van der Waals surface area contributed by atoms with E-state index in [1.807, 2.05) is 6.92 Å². The zero-order chi connectivity index (χ0) is 12.4. The molecule has 0 aromatic heterocycles. The van der Waals surface area contributed by atoms with Crippen molar-refractivity contribution in [3.05, 3.63) is 17.7 Å². The predicted molar refractivity (Wildman–Crippen MR) is 65.0 cm³/mol. The van der Waals surface area contributed by atoms with E-state index in [1.54, 1.807) is 26.4 Å². The Kier molecular flexibility index (Phi) is 3.08. The first-order valence-electron chi connectivity index (χ1n) is 5.46. The zero-order valence-electron chi connectivity index (χ0n) is 10.2. The molecule has 2 rings (SSSR count). The van der Waals surface area contributed by atoms with E-state index in [2.05, 4.69) is 10.6 Å². The average Bonchev–Trinajstić information content (AvgIpc) is 2.47. The lowest BCUT2D eigenvalue weighted by atomic mass is 10.1. The molecule has 2 N–H and O–H groups in total. The van der Waals surface area contributed by atoms with Crippen LogP contribution in [0.25, 0.3) is 0 Å². The van der Waals surface area contributed by atoms with Gasteiger partial charge in [0.15, 0.2) is 11.5 Å².